The third-order valence-electron chi connectivity index (χ3n) is 3.20. The van der Waals surface area contributed by atoms with Crippen molar-refractivity contribution in [3.05, 3.63) is 52.5 Å². The molecule has 0 aromatic heterocycles. The molecule has 2 aromatic carbocycles. The molecule has 0 unspecified atom stereocenters. The standard InChI is InChI=1S/C15H11ClN2O3/c16-10-2-4-13(19)12(7-10)18-15(21)8-1-3-11-9(5-8)6-14(20)17-11/h1-5,7,19H,6H2,(H,17,20)(H,18,21). The van der Waals surface area contributed by atoms with Crippen molar-refractivity contribution in [2.45, 2.75) is 6.42 Å². The number of aromatic hydroxyl groups is 1. The second kappa shape index (κ2) is 5.10. The van der Waals surface area contributed by atoms with E-state index >= 15 is 0 Å². The molecule has 1 aliphatic rings. The van der Waals surface area contributed by atoms with Gasteiger partial charge in [0, 0.05) is 16.3 Å². The molecule has 3 rings (SSSR count). The Morgan fingerprint density at radius 3 is 2.86 bits per heavy atom. The van der Waals surface area contributed by atoms with Crippen molar-refractivity contribution in [2.24, 2.45) is 0 Å². The summed E-state index contributed by atoms with van der Waals surface area (Å²) in [5.41, 5.74) is 2.15. The van der Waals surface area contributed by atoms with E-state index < -0.39 is 0 Å². The van der Waals surface area contributed by atoms with Gasteiger partial charge in [0.1, 0.15) is 5.75 Å². The molecule has 0 saturated heterocycles. The molecule has 0 fully saturated rings. The van der Waals surface area contributed by atoms with E-state index in [0.717, 1.165) is 11.3 Å². The van der Waals surface area contributed by atoms with Gasteiger partial charge in [0.15, 0.2) is 0 Å². The number of benzene rings is 2. The smallest absolute Gasteiger partial charge is 0.255 e. The van der Waals surface area contributed by atoms with Crippen molar-refractivity contribution in [3.63, 3.8) is 0 Å². The Balaban J connectivity index is 1.85. The van der Waals surface area contributed by atoms with Crippen LogP contribution in [0.2, 0.25) is 5.02 Å². The quantitative estimate of drug-likeness (QED) is 0.746. The van der Waals surface area contributed by atoms with Gasteiger partial charge in [0.05, 0.1) is 12.1 Å². The van der Waals surface area contributed by atoms with Crippen LogP contribution in [0.15, 0.2) is 36.4 Å². The molecule has 0 bridgehead atoms. The highest BCUT2D eigenvalue weighted by Crippen LogP contribution is 2.28. The molecule has 106 valence electrons. The number of amides is 2. The lowest BCUT2D eigenvalue weighted by Crippen LogP contribution is -2.12. The number of anilines is 2. The van der Waals surface area contributed by atoms with E-state index in [9.17, 15) is 14.7 Å². The zero-order chi connectivity index (χ0) is 15.0. The summed E-state index contributed by atoms with van der Waals surface area (Å²) in [5.74, 6) is -0.532. The minimum absolute atomic E-state index is 0.0641. The van der Waals surface area contributed by atoms with Crippen LogP contribution in [0.5, 0.6) is 5.75 Å². The number of hydrogen-bond acceptors (Lipinski definition) is 3. The number of hydrogen-bond donors (Lipinski definition) is 3. The third kappa shape index (κ3) is 2.68. The van der Waals surface area contributed by atoms with E-state index in [2.05, 4.69) is 10.6 Å². The molecular formula is C15H11ClN2O3. The van der Waals surface area contributed by atoms with E-state index in [1.54, 1.807) is 18.2 Å². The topological polar surface area (TPSA) is 78.4 Å². The molecule has 2 aromatic rings. The van der Waals surface area contributed by atoms with Crippen molar-refractivity contribution in [2.75, 3.05) is 10.6 Å². The van der Waals surface area contributed by atoms with Gasteiger partial charge in [-0.1, -0.05) is 11.6 Å². The molecular weight excluding hydrogens is 292 g/mol. The van der Waals surface area contributed by atoms with Gasteiger partial charge >= 0.3 is 0 Å². The monoisotopic (exact) mass is 302 g/mol. The molecule has 21 heavy (non-hydrogen) atoms. The van der Waals surface area contributed by atoms with Crippen LogP contribution in [0, 0.1) is 0 Å². The molecule has 1 heterocycles. The average Bonchev–Trinajstić information content (AvgIpc) is 2.81. The van der Waals surface area contributed by atoms with Crippen LogP contribution in [0.1, 0.15) is 15.9 Å². The summed E-state index contributed by atoms with van der Waals surface area (Å²) < 4.78 is 0. The van der Waals surface area contributed by atoms with Gasteiger partial charge < -0.3 is 15.7 Å². The maximum absolute atomic E-state index is 12.2. The summed E-state index contributed by atoms with van der Waals surface area (Å²) in [4.78, 5) is 23.5. The number of rotatable bonds is 2. The summed E-state index contributed by atoms with van der Waals surface area (Å²) in [6.07, 6.45) is 0.263. The summed E-state index contributed by atoms with van der Waals surface area (Å²) in [5, 5.41) is 15.4. The summed E-state index contributed by atoms with van der Waals surface area (Å²) >= 11 is 5.83. The minimum Gasteiger partial charge on any atom is -0.506 e. The first kappa shape index (κ1) is 13.5. The van der Waals surface area contributed by atoms with E-state index in [1.165, 1.54) is 18.2 Å². The van der Waals surface area contributed by atoms with Gasteiger partial charge in [-0.3, -0.25) is 9.59 Å². The van der Waals surface area contributed by atoms with Crippen molar-refractivity contribution in [1.29, 1.82) is 0 Å². The fourth-order valence-electron chi connectivity index (χ4n) is 2.17. The summed E-state index contributed by atoms with van der Waals surface area (Å²) in [6, 6.07) is 9.36. The largest absolute Gasteiger partial charge is 0.506 e. The van der Waals surface area contributed by atoms with Crippen LogP contribution in [0.25, 0.3) is 0 Å². The fraction of sp³-hybridized carbons (Fsp3) is 0.0667. The first-order valence-electron chi connectivity index (χ1n) is 6.25. The molecule has 5 nitrogen and oxygen atoms in total. The lowest BCUT2D eigenvalue weighted by Gasteiger charge is -2.08. The normalized spacial score (nSPS) is 12.7. The summed E-state index contributed by atoms with van der Waals surface area (Å²) in [7, 11) is 0. The molecule has 1 aliphatic heterocycles. The highest BCUT2D eigenvalue weighted by atomic mass is 35.5. The zero-order valence-corrected chi connectivity index (χ0v) is 11.6. The number of phenols is 1. The van der Waals surface area contributed by atoms with E-state index in [1.807, 2.05) is 0 Å². The van der Waals surface area contributed by atoms with Crippen LogP contribution < -0.4 is 10.6 Å². The third-order valence-corrected chi connectivity index (χ3v) is 3.43. The van der Waals surface area contributed by atoms with Crippen molar-refractivity contribution in [3.8, 4) is 5.75 Å². The van der Waals surface area contributed by atoms with Gasteiger partial charge in [-0.15, -0.1) is 0 Å². The predicted molar refractivity (Wildman–Crippen MR) is 79.8 cm³/mol. The van der Waals surface area contributed by atoms with Crippen molar-refractivity contribution in [1.82, 2.24) is 0 Å². The molecule has 3 N–H and O–H groups in total. The minimum atomic E-state index is -0.380. The first-order chi connectivity index (χ1) is 10.0. The Labute approximate surface area is 125 Å². The number of carbonyl (C=O) groups is 2. The van der Waals surface area contributed by atoms with Crippen LogP contribution in [0.3, 0.4) is 0 Å². The van der Waals surface area contributed by atoms with E-state index in [0.29, 0.717) is 10.6 Å². The fourth-order valence-corrected chi connectivity index (χ4v) is 2.35. The maximum atomic E-state index is 12.2. The van der Waals surface area contributed by atoms with Crippen LogP contribution in [0.4, 0.5) is 11.4 Å². The Hall–Kier alpha value is -2.53. The number of fused-ring (bicyclic) bond motifs is 1. The molecule has 0 atom stereocenters. The molecule has 2 amide bonds. The van der Waals surface area contributed by atoms with Gasteiger partial charge in [-0.2, -0.15) is 0 Å². The van der Waals surface area contributed by atoms with E-state index in [-0.39, 0.29) is 29.7 Å². The van der Waals surface area contributed by atoms with Gasteiger partial charge in [0.25, 0.3) is 5.91 Å². The van der Waals surface area contributed by atoms with Crippen LogP contribution in [-0.4, -0.2) is 16.9 Å². The average molecular weight is 303 g/mol. The Bertz CT molecular complexity index is 759. The number of nitrogens with one attached hydrogen (secondary N) is 2. The van der Waals surface area contributed by atoms with E-state index in [4.69, 9.17) is 11.6 Å². The summed E-state index contributed by atoms with van der Waals surface area (Å²) in [6.45, 7) is 0. The predicted octanol–water partition coefficient (Wildman–Crippen LogP) is 2.79. The number of phenolic OH excluding ortho intramolecular Hbond substituents is 1. The lowest BCUT2D eigenvalue weighted by atomic mass is 10.1. The zero-order valence-electron chi connectivity index (χ0n) is 10.8. The SMILES string of the molecule is O=C1Cc2cc(C(=O)Nc3cc(Cl)ccc3O)ccc2N1. The number of carbonyl (C=O) groups excluding carboxylic acids is 2. The Morgan fingerprint density at radius 1 is 1.24 bits per heavy atom. The van der Waals surface area contributed by atoms with Gasteiger partial charge in [-0.25, -0.2) is 0 Å². The highest BCUT2D eigenvalue weighted by Gasteiger charge is 2.19. The second-order valence-electron chi connectivity index (χ2n) is 4.71. The number of halogens is 1. The van der Waals surface area contributed by atoms with Crippen LogP contribution in [-0.2, 0) is 11.2 Å². The van der Waals surface area contributed by atoms with Crippen LogP contribution >= 0.6 is 11.6 Å². The second-order valence-corrected chi connectivity index (χ2v) is 5.15. The molecule has 0 spiro atoms. The lowest BCUT2D eigenvalue weighted by molar-refractivity contribution is -0.115. The molecule has 0 saturated carbocycles. The molecule has 6 heteroatoms. The van der Waals surface area contributed by atoms with Gasteiger partial charge in [0.2, 0.25) is 5.91 Å². The van der Waals surface area contributed by atoms with Crippen molar-refractivity contribution >= 4 is 34.8 Å². The highest BCUT2D eigenvalue weighted by molar-refractivity contribution is 6.31. The van der Waals surface area contributed by atoms with Crippen molar-refractivity contribution < 1.29 is 14.7 Å². The molecule has 0 aliphatic carbocycles. The molecule has 0 radical (unpaired) electrons. The Kier molecular flexibility index (Phi) is 3.27. The Morgan fingerprint density at radius 2 is 2.05 bits per heavy atom. The maximum Gasteiger partial charge on any atom is 0.255 e. The first-order valence-corrected chi connectivity index (χ1v) is 6.63. The van der Waals surface area contributed by atoms with Gasteiger partial charge in [-0.05, 0) is 42.0 Å².